The van der Waals surface area contributed by atoms with Gasteiger partial charge < -0.3 is 9.47 Å². The standard InChI is InChI=1S/C15H11BrF2O3/c1-20-9-5-6-14(10(16)7-9)21-8-13(19)15-11(17)3-2-4-12(15)18/h2-7H,8H2,1H3. The number of hydrogen-bond donors (Lipinski definition) is 0. The monoisotopic (exact) mass is 356 g/mol. The molecule has 0 saturated carbocycles. The summed E-state index contributed by atoms with van der Waals surface area (Å²) in [6.07, 6.45) is 0. The van der Waals surface area contributed by atoms with Gasteiger partial charge in [0.1, 0.15) is 23.1 Å². The van der Waals surface area contributed by atoms with Crippen molar-refractivity contribution in [1.82, 2.24) is 0 Å². The first-order valence-electron chi connectivity index (χ1n) is 5.96. The molecule has 0 N–H and O–H groups in total. The minimum atomic E-state index is -0.905. The second kappa shape index (κ2) is 6.67. The Morgan fingerprint density at radius 3 is 2.43 bits per heavy atom. The predicted octanol–water partition coefficient (Wildman–Crippen LogP) is 4.00. The third-order valence-corrected chi connectivity index (χ3v) is 3.36. The third-order valence-electron chi connectivity index (χ3n) is 2.74. The fraction of sp³-hybridized carbons (Fsp3) is 0.133. The van der Waals surface area contributed by atoms with Gasteiger partial charge in [0, 0.05) is 0 Å². The summed E-state index contributed by atoms with van der Waals surface area (Å²) in [6.45, 7) is -0.469. The Bertz CT molecular complexity index is 654. The number of ketones is 1. The van der Waals surface area contributed by atoms with Crippen LogP contribution in [0.15, 0.2) is 40.9 Å². The van der Waals surface area contributed by atoms with E-state index in [4.69, 9.17) is 9.47 Å². The first kappa shape index (κ1) is 15.4. The summed E-state index contributed by atoms with van der Waals surface area (Å²) >= 11 is 3.26. The third kappa shape index (κ3) is 3.58. The number of rotatable bonds is 5. The first-order valence-corrected chi connectivity index (χ1v) is 6.75. The van der Waals surface area contributed by atoms with Gasteiger partial charge in [0.2, 0.25) is 5.78 Å². The lowest BCUT2D eigenvalue weighted by Crippen LogP contribution is -2.15. The van der Waals surface area contributed by atoms with Crippen LogP contribution in [0.5, 0.6) is 11.5 Å². The first-order chi connectivity index (χ1) is 10.0. The molecule has 0 radical (unpaired) electrons. The highest BCUT2D eigenvalue weighted by molar-refractivity contribution is 9.10. The molecule has 0 saturated heterocycles. The molecule has 0 aliphatic carbocycles. The maximum absolute atomic E-state index is 13.5. The van der Waals surface area contributed by atoms with Gasteiger partial charge in [0.15, 0.2) is 6.61 Å². The Labute approximate surface area is 128 Å². The molecule has 2 aromatic carbocycles. The number of benzene rings is 2. The molecule has 0 spiro atoms. The average molecular weight is 357 g/mol. The van der Waals surface area contributed by atoms with Crippen molar-refractivity contribution in [2.75, 3.05) is 13.7 Å². The van der Waals surface area contributed by atoms with Crippen LogP contribution in [0.25, 0.3) is 0 Å². The van der Waals surface area contributed by atoms with Gasteiger partial charge in [-0.15, -0.1) is 0 Å². The predicted molar refractivity (Wildman–Crippen MR) is 76.9 cm³/mol. The van der Waals surface area contributed by atoms with Crippen LogP contribution in [-0.4, -0.2) is 19.5 Å². The molecule has 0 aliphatic rings. The Morgan fingerprint density at radius 1 is 1.19 bits per heavy atom. The van der Waals surface area contributed by atoms with Crippen LogP contribution in [0.2, 0.25) is 0 Å². The molecule has 0 fully saturated rings. The Morgan fingerprint density at radius 2 is 1.86 bits per heavy atom. The summed E-state index contributed by atoms with van der Waals surface area (Å²) in [5.74, 6) is -1.59. The number of methoxy groups -OCH3 is 1. The van der Waals surface area contributed by atoms with Crippen LogP contribution < -0.4 is 9.47 Å². The van der Waals surface area contributed by atoms with Crippen molar-refractivity contribution >= 4 is 21.7 Å². The molecular weight excluding hydrogens is 346 g/mol. The molecule has 3 nitrogen and oxygen atoms in total. The van der Waals surface area contributed by atoms with E-state index < -0.39 is 29.6 Å². The van der Waals surface area contributed by atoms with Crippen molar-refractivity contribution in [2.45, 2.75) is 0 Å². The zero-order valence-corrected chi connectivity index (χ0v) is 12.6. The lowest BCUT2D eigenvalue weighted by Gasteiger charge is -2.09. The van der Waals surface area contributed by atoms with E-state index >= 15 is 0 Å². The van der Waals surface area contributed by atoms with Gasteiger partial charge in [0.05, 0.1) is 17.1 Å². The number of carbonyl (C=O) groups excluding carboxylic acids is 1. The van der Waals surface area contributed by atoms with Crippen LogP contribution >= 0.6 is 15.9 Å². The van der Waals surface area contributed by atoms with Gasteiger partial charge in [-0.1, -0.05) is 6.07 Å². The molecule has 2 rings (SSSR count). The summed E-state index contributed by atoms with van der Waals surface area (Å²) in [4.78, 5) is 11.8. The molecule has 21 heavy (non-hydrogen) atoms. The SMILES string of the molecule is COc1ccc(OCC(=O)c2c(F)cccc2F)c(Br)c1. The molecule has 6 heteroatoms. The molecule has 2 aromatic rings. The molecule has 0 heterocycles. The van der Waals surface area contributed by atoms with Crippen molar-refractivity contribution in [3.8, 4) is 11.5 Å². The van der Waals surface area contributed by atoms with E-state index in [1.54, 1.807) is 18.2 Å². The van der Waals surface area contributed by atoms with Crippen LogP contribution in [0.3, 0.4) is 0 Å². The fourth-order valence-corrected chi connectivity index (χ4v) is 2.18. The van der Waals surface area contributed by atoms with Crippen LogP contribution in [0.1, 0.15) is 10.4 Å². The average Bonchev–Trinajstić information content (AvgIpc) is 2.45. The van der Waals surface area contributed by atoms with Crippen LogP contribution in [0, 0.1) is 11.6 Å². The second-order valence-electron chi connectivity index (χ2n) is 4.10. The van der Waals surface area contributed by atoms with Crippen molar-refractivity contribution in [3.05, 3.63) is 58.1 Å². The molecule has 0 bridgehead atoms. The van der Waals surface area contributed by atoms with E-state index in [2.05, 4.69) is 15.9 Å². The smallest absolute Gasteiger partial charge is 0.206 e. The van der Waals surface area contributed by atoms with Gasteiger partial charge in [-0.3, -0.25) is 4.79 Å². The van der Waals surface area contributed by atoms with Gasteiger partial charge in [-0.2, -0.15) is 0 Å². The lowest BCUT2D eigenvalue weighted by atomic mass is 10.1. The topological polar surface area (TPSA) is 35.5 Å². The largest absolute Gasteiger partial charge is 0.497 e. The van der Waals surface area contributed by atoms with Crippen LogP contribution in [-0.2, 0) is 0 Å². The molecule has 0 aliphatic heterocycles. The van der Waals surface area contributed by atoms with E-state index in [0.29, 0.717) is 16.0 Å². The summed E-state index contributed by atoms with van der Waals surface area (Å²) < 4.78 is 37.8. The molecule has 0 amide bonds. The Kier molecular flexibility index (Phi) is 4.90. The zero-order valence-electron chi connectivity index (χ0n) is 11.0. The lowest BCUT2D eigenvalue weighted by molar-refractivity contribution is 0.0912. The summed E-state index contributed by atoms with van der Waals surface area (Å²) in [5.41, 5.74) is -0.595. The second-order valence-corrected chi connectivity index (χ2v) is 4.96. The normalized spacial score (nSPS) is 10.3. The van der Waals surface area contributed by atoms with Gasteiger partial charge in [-0.25, -0.2) is 8.78 Å². The van der Waals surface area contributed by atoms with E-state index in [1.807, 2.05) is 0 Å². The minimum Gasteiger partial charge on any atom is -0.497 e. The maximum Gasteiger partial charge on any atom is 0.206 e. The van der Waals surface area contributed by atoms with Crippen molar-refractivity contribution in [3.63, 3.8) is 0 Å². The number of Topliss-reactive ketones (excluding diaryl/α,β-unsaturated/α-hetero) is 1. The Hall–Kier alpha value is -1.95. The summed E-state index contributed by atoms with van der Waals surface area (Å²) in [5, 5.41) is 0. The molecule has 0 unspecified atom stereocenters. The van der Waals surface area contributed by atoms with Gasteiger partial charge in [0.25, 0.3) is 0 Å². The minimum absolute atomic E-state index is 0.376. The van der Waals surface area contributed by atoms with E-state index in [9.17, 15) is 13.6 Å². The quantitative estimate of drug-likeness (QED) is 0.759. The highest BCUT2D eigenvalue weighted by Crippen LogP contribution is 2.29. The molecule has 0 aromatic heterocycles. The van der Waals surface area contributed by atoms with Gasteiger partial charge in [-0.05, 0) is 46.3 Å². The van der Waals surface area contributed by atoms with E-state index in [1.165, 1.54) is 13.2 Å². The zero-order chi connectivity index (χ0) is 15.4. The highest BCUT2D eigenvalue weighted by atomic mass is 79.9. The van der Waals surface area contributed by atoms with Crippen molar-refractivity contribution < 1.29 is 23.0 Å². The molecular formula is C15H11BrF2O3. The van der Waals surface area contributed by atoms with Crippen molar-refractivity contribution in [2.24, 2.45) is 0 Å². The van der Waals surface area contributed by atoms with Gasteiger partial charge >= 0.3 is 0 Å². The van der Waals surface area contributed by atoms with E-state index in [0.717, 1.165) is 12.1 Å². The fourth-order valence-electron chi connectivity index (χ4n) is 1.71. The molecule has 0 atom stereocenters. The van der Waals surface area contributed by atoms with Crippen molar-refractivity contribution in [1.29, 1.82) is 0 Å². The summed E-state index contributed by atoms with van der Waals surface area (Å²) in [7, 11) is 1.52. The van der Waals surface area contributed by atoms with E-state index in [-0.39, 0.29) is 0 Å². The Balaban J connectivity index is 2.11. The summed E-state index contributed by atoms with van der Waals surface area (Å²) in [6, 6.07) is 8.15. The highest BCUT2D eigenvalue weighted by Gasteiger charge is 2.18. The molecule has 110 valence electrons. The number of hydrogen-bond acceptors (Lipinski definition) is 3. The van der Waals surface area contributed by atoms with Crippen LogP contribution in [0.4, 0.5) is 8.78 Å². The maximum atomic E-state index is 13.5. The number of halogens is 3. The number of ether oxygens (including phenoxy) is 2. The number of carbonyl (C=O) groups is 1.